The first-order valence-corrected chi connectivity index (χ1v) is 12.6. The molecule has 2 aromatic rings. The van der Waals surface area contributed by atoms with Crippen LogP contribution in [0.1, 0.15) is 29.9 Å². The number of hydrogen-bond donors (Lipinski definition) is 1. The molecule has 0 saturated carbocycles. The number of thiazole rings is 1. The van der Waals surface area contributed by atoms with Crippen molar-refractivity contribution in [1.82, 2.24) is 24.6 Å². The van der Waals surface area contributed by atoms with Crippen LogP contribution in [-0.4, -0.2) is 101 Å². The first kappa shape index (κ1) is 23.7. The standard InChI is InChI=1S/C24H34N6O2S/c1-19(2)25-24-26-21(18-33-24)23(32)30-14-10-28(11-15-30)17-22(31)29-12-8-27(9-13-29)16-20-6-4-3-5-7-20/h3-7,18-19H,8-17H2,1-2H3,(H,25,26). The van der Waals surface area contributed by atoms with Crippen molar-refractivity contribution in [3.63, 3.8) is 0 Å². The predicted octanol–water partition coefficient (Wildman–Crippen LogP) is 2.07. The maximum Gasteiger partial charge on any atom is 0.273 e. The summed E-state index contributed by atoms with van der Waals surface area (Å²) in [5, 5.41) is 5.84. The fourth-order valence-corrected chi connectivity index (χ4v) is 5.08. The molecule has 4 rings (SSSR count). The number of hydrogen-bond acceptors (Lipinski definition) is 7. The van der Waals surface area contributed by atoms with Crippen LogP contribution < -0.4 is 5.32 Å². The zero-order valence-corrected chi connectivity index (χ0v) is 20.4. The van der Waals surface area contributed by atoms with Crippen LogP contribution >= 0.6 is 11.3 Å². The van der Waals surface area contributed by atoms with E-state index in [4.69, 9.17) is 0 Å². The molecule has 3 heterocycles. The third-order valence-electron chi connectivity index (χ3n) is 6.13. The molecule has 33 heavy (non-hydrogen) atoms. The van der Waals surface area contributed by atoms with Gasteiger partial charge in [-0.1, -0.05) is 30.3 Å². The number of aromatic nitrogens is 1. The summed E-state index contributed by atoms with van der Waals surface area (Å²) < 4.78 is 0. The SMILES string of the molecule is CC(C)Nc1nc(C(=O)N2CCN(CC(=O)N3CCN(Cc4ccccc4)CC3)CC2)cs1. The first-order chi connectivity index (χ1) is 16.0. The van der Waals surface area contributed by atoms with Crippen molar-refractivity contribution in [2.75, 3.05) is 64.2 Å². The molecule has 0 unspecified atom stereocenters. The summed E-state index contributed by atoms with van der Waals surface area (Å²) in [6.45, 7) is 11.5. The van der Waals surface area contributed by atoms with Gasteiger partial charge in [-0.15, -0.1) is 11.3 Å². The van der Waals surface area contributed by atoms with Crippen LogP contribution in [0, 0.1) is 0 Å². The largest absolute Gasteiger partial charge is 0.359 e. The van der Waals surface area contributed by atoms with E-state index in [1.165, 1.54) is 16.9 Å². The molecule has 2 aliphatic heterocycles. The summed E-state index contributed by atoms with van der Waals surface area (Å²) in [6.07, 6.45) is 0. The second-order valence-corrected chi connectivity index (χ2v) is 9.91. The zero-order valence-electron chi connectivity index (χ0n) is 19.6. The van der Waals surface area contributed by atoms with Gasteiger partial charge in [-0.2, -0.15) is 0 Å². The van der Waals surface area contributed by atoms with Crippen LogP contribution in [0.5, 0.6) is 0 Å². The van der Waals surface area contributed by atoms with Crippen LogP contribution in [0.3, 0.4) is 0 Å². The van der Waals surface area contributed by atoms with Crippen molar-refractivity contribution >= 4 is 28.3 Å². The predicted molar refractivity (Wildman–Crippen MR) is 132 cm³/mol. The Kier molecular flexibility index (Phi) is 7.95. The number of benzene rings is 1. The molecule has 8 nitrogen and oxygen atoms in total. The van der Waals surface area contributed by atoms with Crippen LogP contribution in [0.15, 0.2) is 35.7 Å². The quantitative estimate of drug-likeness (QED) is 0.668. The zero-order chi connectivity index (χ0) is 23.2. The van der Waals surface area contributed by atoms with E-state index in [-0.39, 0.29) is 17.9 Å². The molecule has 1 aromatic heterocycles. The van der Waals surface area contributed by atoms with E-state index in [1.54, 1.807) is 0 Å². The van der Waals surface area contributed by atoms with Gasteiger partial charge in [-0.05, 0) is 19.4 Å². The van der Waals surface area contributed by atoms with Crippen LogP contribution in [0.25, 0.3) is 0 Å². The lowest BCUT2D eigenvalue weighted by molar-refractivity contribution is -0.134. The summed E-state index contributed by atoms with van der Waals surface area (Å²) in [5.74, 6) is 0.168. The summed E-state index contributed by atoms with van der Waals surface area (Å²) in [6, 6.07) is 10.8. The third-order valence-corrected chi connectivity index (χ3v) is 6.90. The Balaban J connectivity index is 1.18. The highest BCUT2D eigenvalue weighted by atomic mass is 32.1. The highest BCUT2D eigenvalue weighted by Crippen LogP contribution is 2.18. The molecule has 0 atom stereocenters. The average Bonchev–Trinajstić information content (AvgIpc) is 3.28. The van der Waals surface area contributed by atoms with Gasteiger partial charge in [0.1, 0.15) is 5.69 Å². The molecular formula is C24H34N6O2S. The van der Waals surface area contributed by atoms with Gasteiger partial charge in [0.15, 0.2) is 5.13 Å². The molecule has 9 heteroatoms. The van der Waals surface area contributed by atoms with Crippen LogP contribution in [0.4, 0.5) is 5.13 Å². The number of nitrogens with zero attached hydrogens (tertiary/aromatic N) is 5. The van der Waals surface area contributed by atoms with E-state index in [0.29, 0.717) is 38.4 Å². The Labute approximate surface area is 200 Å². The van der Waals surface area contributed by atoms with Gasteiger partial charge in [0, 0.05) is 70.3 Å². The Morgan fingerprint density at radius 1 is 0.939 bits per heavy atom. The minimum Gasteiger partial charge on any atom is -0.359 e. The summed E-state index contributed by atoms with van der Waals surface area (Å²) in [5.41, 5.74) is 1.82. The summed E-state index contributed by atoms with van der Waals surface area (Å²) in [7, 11) is 0. The number of anilines is 1. The van der Waals surface area contributed by atoms with Gasteiger partial charge in [0.25, 0.3) is 5.91 Å². The highest BCUT2D eigenvalue weighted by molar-refractivity contribution is 7.13. The van der Waals surface area contributed by atoms with E-state index < -0.39 is 0 Å². The molecular weight excluding hydrogens is 436 g/mol. The Morgan fingerprint density at radius 2 is 1.58 bits per heavy atom. The van der Waals surface area contributed by atoms with E-state index >= 15 is 0 Å². The third kappa shape index (κ3) is 6.52. The molecule has 178 valence electrons. The van der Waals surface area contributed by atoms with E-state index in [0.717, 1.165) is 37.9 Å². The molecule has 2 fully saturated rings. The molecule has 0 bridgehead atoms. The molecule has 2 amide bonds. The van der Waals surface area contributed by atoms with Crippen molar-refractivity contribution in [3.8, 4) is 0 Å². The van der Waals surface area contributed by atoms with Gasteiger partial charge < -0.3 is 15.1 Å². The molecule has 2 saturated heterocycles. The minimum absolute atomic E-state index is 0.0245. The fraction of sp³-hybridized carbons (Fsp3) is 0.542. The molecule has 0 radical (unpaired) electrons. The lowest BCUT2D eigenvalue weighted by atomic mass is 10.2. The number of piperazine rings is 2. The van der Waals surface area contributed by atoms with E-state index in [2.05, 4.69) is 44.4 Å². The van der Waals surface area contributed by atoms with Gasteiger partial charge in [-0.25, -0.2) is 4.98 Å². The second kappa shape index (κ2) is 11.1. The maximum atomic E-state index is 12.8. The Bertz CT molecular complexity index is 918. The normalized spacial score (nSPS) is 18.0. The lowest BCUT2D eigenvalue weighted by Crippen LogP contribution is -2.54. The fourth-order valence-electron chi connectivity index (χ4n) is 4.24. The minimum atomic E-state index is -0.0245. The van der Waals surface area contributed by atoms with Gasteiger partial charge in [-0.3, -0.25) is 19.4 Å². The number of rotatable bonds is 7. The summed E-state index contributed by atoms with van der Waals surface area (Å²) in [4.78, 5) is 38.4. The molecule has 1 N–H and O–H groups in total. The van der Waals surface area contributed by atoms with Crippen molar-refractivity contribution in [3.05, 3.63) is 47.0 Å². The van der Waals surface area contributed by atoms with Gasteiger partial charge >= 0.3 is 0 Å². The monoisotopic (exact) mass is 470 g/mol. The van der Waals surface area contributed by atoms with Crippen LogP contribution in [0.2, 0.25) is 0 Å². The van der Waals surface area contributed by atoms with Crippen molar-refractivity contribution in [2.24, 2.45) is 0 Å². The first-order valence-electron chi connectivity index (χ1n) is 11.8. The molecule has 0 spiro atoms. The summed E-state index contributed by atoms with van der Waals surface area (Å²) >= 11 is 1.46. The van der Waals surface area contributed by atoms with Crippen molar-refractivity contribution in [1.29, 1.82) is 0 Å². The number of amides is 2. The van der Waals surface area contributed by atoms with Gasteiger partial charge in [0.2, 0.25) is 5.91 Å². The van der Waals surface area contributed by atoms with Crippen molar-refractivity contribution in [2.45, 2.75) is 26.4 Å². The molecule has 2 aliphatic rings. The topological polar surface area (TPSA) is 72.0 Å². The van der Waals surface area contributed by atoms with Crippen molar-refractivity contribution < 1.29 is 9.59 Å². The molecule has 1 aromatic carbocycles. The van der Waals surface area contributed by atoms with Gasteiger partial charge in [0.05, 0.1) is 6.54 Å². The highest BCUT2D eigenvalue weighted by Gasteiger charge is 2.27. The number of nitrogens with one attached hydrogen (secondary N) is 1. The lowest BCUT2D eigenvalue weighted by Gasteiger charge is -2.38. The Hall–Kier alpha value is -2.49. The maximum absolute atomic E-state index is 12.8. The smallest absolute Gasteiger partial charge is 0.273 e. The average molecular weight is 471 g/mol. The van der Waals surface area contributed by atoms with E-state index in [9.17, 15) is 9.59 Å². The number of carbonyl (C=O) groups is 2. The second-order valence-electron chi connectivity index (χ2n) is 9.05. The van der Waals surface area contributed by atoms with Crippen LogP contribution in [-0.2, 0) is 11.3 Å². The number of carbonyl (C=O) groups excluding carboxylic acids is 2. The van der Waals surface area contributed by atoms with E-state index in [1.807, 2.05) is 35.1 Å². The molecule has 0 aliphatic carbocycles. The Morgan fingerprint density at radius 3 is 2.24 bits per heavy atom.